The molecule has 0 radical (unpaired) electrons. The fraction of sp³-hybridized carbons (Fsp3) is 0.263. The molecule has 0 fully saturated rings. The summed E-state index contributed by atoms with van der Waals surface area (Å²) in [6.07, 6.45) is 0. The second kappa shape index (κ2) is 6.61. The number of alkyl halides is 2. The summed E-state index contributed by atoms with van der Waals surface area (Å²) < 4.78 is 43.3. The molecule has 0 aromatic heterocycles. The summed E-state index contributed by atoms with van der Waals surface area (Å²) in [5, 5.41) is 0. The zero-order chi connectivity index (χ0) is 19.9. The zero-order valence-corrected chi connectivity index (χ0v) is 15.0. The van der Waals surface area contributed by atoms with Gasteiger partial charge in [0.1, 0.15) is 11.6 Å². The Bertz CT molecular complexity index is 946. The minimum absolute atomic E-state index is 0.00469. The van der Waals surface area contributed by atoms with Crippen molar-refractivity contribution in [1.82, 2.24) is 4.90 Å². The number of ether oxygens (including phenoxy) is 1. The van der Waals surface area contributed by atoms with E-state index in [0.717, 1.165) is 0 Å². The van der Waals surface area contributed by atoms with Crippen LogP contribution in [0, 0.1) is 19.7 Å². The van der Waals surface area contributed by atoms with Crippen molar-refractivity contribution in [3.8, 4) is 5.75 Å². The molecule has 0 spiro atoms. The molecule has 1 unspecified atom stereocenters. The van der Waals surface area contributed by atoms with Crippen LogP contribution in [0.1, 0.15) is 22.3 Å². The van der Waals surface area contributed by atoms with Crippen molar-refractivity contribution in [2.24, 2.45) is 10.7 Å². The second-order valence-electron chi connectivity index (χ2n) is 6.37. The van der Waals surface area contributed by atoms with Gasteiger partial charge in [-0.05, 0) is 60.4 Å². The smallest absolute Gasteiger partial charge is 0.387 e. The summed E-state index contributed by atoms with van der Waals surface area (Å²) in [6, 6.07) is 8.63. The van der Waals surface area contributed by atoms with Crippen molar-refractivity contribution in [3.05, 3.63) is 64.5 Å². The Balaban J connectivity index is 2.22. The molecule has 5 nitrogen and oxygen atoms in total. The van der Waals surface area contributed by atoms with E-state index >= 15 is 0 Å². The van der Waals surface area contributed by atoms with Crippen LogP contribution >= 0.6 is 0 Å². The average Bonchev–Trinajstić information content (AvgIpc) is 2.84. The Labute approximate surface area is 154 Å². The monoisotopic (exact) mass is 377 g/mol. The van der Waals surface area contributed by atoms with Crippen LogP contribution in [0.15, 0.2) is 41.4 Å². The van der Waals surface area contributed by atoms with Crippen LogP contribution in [-0.2, 0) is 10.3 Å². The standard InChI is InChI=1S/C19H18F3N3O2/c1-10-8-12(4-6-14(10)20)19(16(26)25(3)18(23)24-19)13-5-7-15(11(2)9-13)27-17(21)22/h4-9,17H,1-3H3,(H2,23,24). The topological polar surface area (TPSA) is 67.9 Å². The third-order valence-electron chi connectivity index (χ3n) is 4.62. The number of amides is 1. The number of carbonyl (C=O) groups is 1. The number of aryl methyl sites for hydroxylation is 2. The minimum atomic E-state index is -2.96. The van der Waals surface area contributed by atoms with Crippen molar-refractivity contribution in [2.45, 2.75) is 26.0 Å². The highest BCUT2D eigenvalue weighted by atomic mass is 19.3. The molecule has 0 saturated heterocycles. The predicted octanol–water partition coefficient (Wildman–Crippen LogP) is 3.07. The van der Waals surface area contributed by atoms with Crippen molar-refractivity contribution >= 4 is 11.9 Å². The molecule has 1 aliphatic heterocycles. The summed E-state index contributed by atoms with van der Waals surface area (Å²) >= 11 is 0. The average molecular weight is 377 g/mol. The van der Waals surface area contributed by atoms with Gasteiger partial charge < -0.3 is 10.5 Å². The number of hydrogen-bond acceptors (Lipinski definition) is 4. The minimum Gasteiger partial charge on any atom is -0.435 e. The van der Waals surface area contributed by atoms with E-state index in [4.69, 9.17) is 5.73 Å². The van der Waals surface area contributed by atoms with E-state index in [1.807, 2.05) is 0 Å². The van der Waals surface area contributed by atoms with E-state index in [0.29, 0.717) is 22.3 Å². The molecule has 0 bridgehead atoms. The lowest BCUT2D eigenvalue weighted by atomic mass is 9.81. The molecular formula is C19H18F3N3O2. The van der Waals surface area contributed by atoms with Gasteiger partial charge in [0.15, 0.2) is 11.5 Å². The van der Waals surface area contributed by atoms with Crippen LogP contribution in [0.25, 0.3) is 0 Å². The fourth-order valence-electron chi connectivity index (χ4n) is 3.16. The first-order valence-electron chi connectivity index (χ1n) is 8.13. The number of likely N-dealkylation sites (N-methyl/N-ethyl adjacent to an activating group) is 1. The van der Waals surface area contributed by atoms with Crippen molar-refractivity contribution in [2.75, 3.05) is 7.05 Å². The highest BCUT2D eigenvalue weighted by molar-refractivity contribution is 6.08. The van der Waals surface area contributed by atoms with Gasteiger partial charge in [-0.3, -0.25) is 9.69 Å². The summed E-state index contributed by atoms with van der Waals surface area (Å²) in [5.41, 5.74) is 5.96. The molecule has 0 saturated carbocycles. The normalized spacial score (nSPS) is 19.6. The van der Waals surface area contributed by atoms with Crippen molar-refractivity contribution in [3.63, 3.8) is 0 Å². The van der Waals surface area contributed by atoms with Gasteiger partial charge in [-0.15, -0.1) is 0 Å². The number of carbonyl (C=O) groups excluding carboxylic acids is 1. The maximum absolute atomic E-state index is 13.8. The molecule has 1 atom stereocenters. The molecule has 1 heterocycles. The molecule has 2 aromatic rings. The van der Waals surface area contributed by atoms with Gasteiger partial charge >= 0.3 is 6.61 Å². The van der Waals surface area contributed by atoms with E-state index in [9.17, 15) is 18.0 Å². The quantitative estimate of drug-likeness (QED) is 0.890. The number of nitrogens with two attached hydrogens (primary N) is 1. The van der Waals surface area contributed by atoms with E-state index in [-0.39, 0.29) is 11.7 Å². The lowest BCUT2D eigenvalue weighted by Crippen LogP contribution is -2.41. The van der Waals surface area contributed by atoms with Crippen molar-refractivity contribution < 1.29 is 22.7 Å². The van der Waals surface area contributed by atoms with Crippen LogP contribution in [-0.4, -0.2) is 30.4 Å². The van der Waals surface area contributed by atoms with Gasteiger partial charge in [0, 0.05) is 7.05 Å². The number of rotatable bonds is 4. The lowest BCUT2D eigenvalue weighted by Gasteiger charge is -2.27. The van der Waals surface area contributed by atoms with Crippen LogP contribution in [0.4, 0.5) is 13.2 Å². The van der Waals surface area contributed by atoms with E-state index < -0.39 is 23.9 Å². The molecule has 2 aromatic carbocycles. The Morgan fingerprint density at radius 2 is 1.70 bits per heavy atom. The summed E-state index contributed by atoms with van der Waals surface area (Å²) in [5.74, 6) is -0.836. The molecule has 27 heavy (non-hydrogen) atoms. The van der Waals surface area contributed by atoms with E-state index in [1.165, 1.54) is 42.3 Å². The van der Waals surface area contributed by atoms with Gasteiger partial charge in [-0.1, -0.05) is 12.1 Å². The van der Waals surface area contributed by atoms with Crippen molar-refractivity contribution in [1.29, 1.82) is 0 Å². The third-order valence-corrected chi connectivity index (χ3v) is 4.62. The summed E-state index contributed by atoms with van der Waals surface area (Å²) in [4.78, 5) is 18.7. The maximum atomic E-state index is 13.8. The largest absolute Gasteiger partial charge is 0.435 e. The molecule has 2 N–H and O–H groups in total. The summed E-state index contributed by atoms with van der Waals surface area (Å²) in [6.45, 7) is 0.199. The van der Waals surface area contributed by atoms with Crippen LogP contribution < -0.4 is 10.5 Å². The number of benzene rings is 2. The molecule has 3 rings (SSSR count). The van der Waals surface area contributed by atoms with Crippen LogP contribution in [0.2, 0.25) is 0 Å². The second-order valence-corrected chi connectivity index (χ2v) is 6.37. The van der Waals surface area contributed by atoms with Gasteiger partial charge in [0.2, 0.25) is 0 Å². The number of aliphatic imine (C=N–C) groups is 1. The van der Waals surface area contributed by atoms with Gasteiger partial charge in [0.05, 0.1) is 0 Å². The van der Waals surface area contributed by atoms with E-state index in [2.05, 4.69) is 9.73 Å². The molecule has 0 aliphatic carbocycles. The third kappa shape index (κ3) is 3.01. The Hall–Kier alpha value is -3.03. The lowest BCUT2D eigenvalue weighted by molar-refractivity contribution is -0.129. The Morgan fingerprint density at radius 1 is 1.11 bits per heavy atom. The first-order chi connectivity index (χ1) is 12.7. The highest BCUT2D eigenvalue weighted by Gasteiger charge is 2.49. The molecular weight excluding hydrogens is 359 g/mol. The first kappa shape index (κ1) is 18.8. The fourth-order valence-corrected chi connectivity index (χ4v) is 3.16. The van der Waals surface area contributed by atoms with Gasteiger partial charge in [-0.25, -0.2) is 9.38 Å². The van der Waals surface area contributed by atoms with E-state index in [1.54, 1.807) is 19.9 Å². The van der Waals surface area contributed by atoms with Gasteiger partial charge in [-0.2, -0.15) is 8.78 Å². The molecule has 1 aliphatic rings. The summed E-state index contributed by atoms with van der Waals surface area (Å²) in [7, 11) is 1.49. The Kier molecular flexibility index (Phi) is 4.59. The number of hydrogen-bond donors (Lipinski definition) is 1. The Morgan fingerprint density at radius 3 is 2.19 bits per heavy atom. The number of halogens is 3. The molecule has 8 heteroatoms. The van der Waals surface area contributed by atoms with Crippen LogP contribution in [0.5, 0.6) is 5.75 Å². The predicted molar refractivity (Wildman–Crippen MR) is 94.1 cm³/mol. The van der Waals surface area contributed by atoms with Gasteiger partial charge in [0.25, 0.3) is 5.91 Å². The first-order valence-corrected chi connectivity index (χ1v) is 8.13. The molecule has 1 amide bonds. The van der Waals surface area contributed by atoms with Crippen LogP contribution in [0.3, 0.4) is 0 Å². The number of nitrogens with zero attached hydrogens (tertiary/aromatic N) is 2. The SMILES string of the molecule is Cc1cc(C2(c3ccc(OC(F)F)c(C)c3)N=C(N)N(C)C2=O)ccc1F. The molecule has 142 valence electrons. The maximum Gasteiger partial charge on any atom is 0.387 e. The highest BCUT2D eigenvalue weighted by Crippen LogP contribution is 2.41. The number of guanidine groups is 1. The zero-order valence-electron chi connectivity index (χ0n) is 15.0.